The van der Waals surface area contributed by atoms with Crippen molar-refractivity contribution in [3.63, 3.8) is 0 Å². The van der Waals surface area contributed by atoms with Gasteiger partial charge in [-0.25, -0.2) is 4.98 Å². The van der Waals surface area contributed by atoms with Crippen molar-refractivity contribution in [3.8, 4) is 0 Å². The molecule has 0 spiro atoms. The molecule has 2 atom stereocenters. The van der Waals surface area contributed by atoms with E-state index in [9.17, 15) is 0 Å². The molecule has 20 heavy (non-hydrogen) atoms. The van der Waals surface area contributed by atoms with Gasteiger partial charge in [0, 0.05) is 31.9 Å². The van der Waals surface area contributed by atoms with Gasteiger partial charge in [0.2, 0.25) is 0 Å². The van der Waals surface area contributed by atoms with E-state index in [0.717, 1.165) is 32.0 Å². The monoisotopic (exact) mass is 276 g/mol. The van der Waals surface area contributed by atoms with Crippen LogP contribution in [0.2, 0.25) is 0 Å². The van der Waals surface area contributed by atoms with Gasteiger partial charge < -0.3 is 15.1 Å². The molecular formula is C16H28N4. The molecule has 1 aliphatic rings. The van der Waals surface area contributed by atoms with Crippen molar-refractivity contribution >= 4 is 5.82 Å². The molecule has 1 N–H and O–H groups in total. The molecule has 112 valence electrons. The maximum atomic E-state index is 4.56. The first kappa shape index (κ1) is 15.3. The first-order valence-electron chi connectivity index (χ1n) is 7.68. The lowest BCUT2D eigenvalue weighted by atomic mass is 10.1. The minimum Gasteiger partial charge on any atom is -0.355 e. The van der Waals surface area contributed by atoms with Crippen LogP contribution < -0.4 is 10.2 Å². The molecule has 0 aliphatic carbocycles. The van der Waals surface area contributed by atoms with Crippen molar-refractivity contribution in [2.75, 3.05) is 38.6 Å². The average molecular weight is 276 g/mol. The van der Waals surface area contributed by atoms with E-state index in [4.69, 9.17) is 0 Å². The highest BCUT2D eigenvalue weighted by molar-refractivity contribution is 5.42. The first-order chi connectivity index (χ1) is 9.61. The Kier molecular flexibility index (Phi) is 5.38. The maximum absolute atomic E-state index is 4.56. The Morgan fingerprint density at radius 1 is 1.40 bits per heavy atom. The fourth-order valence-electron chi connectivity index (χ4n) is 2.96. The summed E-state index contributed by atoms with van der Waals surface area (Å²) >= 11 is 0. The quantitative estimate of drug-likeness (QED) is 0.805. The van der Waals surface area contributed by atoms with Crippen LogP contribution >= 0.6 is 0 Å². The summed E-state index contributed by atoms with van der Waals surface area (Å²) in [6, 6.07) is 4.96. The first-order valence-corrected chi connectivity index (χ1v) is 7.68. The summed E-state index contributed by atoms with van der Waals surface area (Å²) in [7, 11) is 4.34. The topological polar surface area (TPSA) is 31.4 Å². The van der Waals surface area contributed by atoms with Crippen LogP contribution in [-0.4, -0.2) is 49.7 Å². The van der Waals surface area contributed by atoms with Crippen molar-refractivity contribution in [2.24, 2.45) is 5.92 Å². The minimum absolute atomic E-state index is 0.624. The van der Waals surface area contributed by atoms with Crippen molar-refractivity contribution in [1.82, 2.24) is 15.2 Å². The molecule has 0 aromatic carbocycles. The molecule has 0 radical (unpaired) electrons. The summed E-state index contributed by atoms with van der Waals surface area (Å²) in [5, 5.41) is 3.45. The lowest BCUT2D eigenvalue weighted by Gasteiger charge is -2.22. The highest BCUT2D eigenvalue weighted by Crippen LogP contribution is 2.25. The minimum atomic E-state index is 0.624. The number of rotatable bonds is 6. The Hall–Kier alpha value is -1.13. The van der Waals surface area contributed by atoms with Gasteiger partial charge in [-0.2, -0.15) is 0 Å². The molecule has 0 bridgehead atoms. The van der Waals surface area contributed by atoms with Gasteiger partial charge in [-0.3, -0.25) is 0 Å². The standard InChI is InChI=1S/C16H28N4/c1-5-7-17-10-14-6-8-18-16(9-14)20-11-13(2)15(12-20)19(3)4/h6,8-9,13,15,17H,5,7,10-12H2,1-4H3. The number of hydrogen-bond donors (Lipinski definition) is 1. The number of nitrogens with one attached hydrogen (secondary N) is 1. The van der Waals surface area contributed by atoms with Crippen LogP contribution in [0.5, 0.6) is 0 Å². The summed E-state index contributed by atoms with van der Waals surface area (Å²) in [6.07, 6.45) is 3.11. The van der Waals surface area contributed by atoms with Crippen LogP contribution in [0.25, 0.3) is 0 Å². The highest BCUT2D eigenvalue weighted by Gasteiger charge is 2.31. The number of nitrogens with zero attached hydrogens (tertiary/aromatic N) is 3. The molecule has 1 fully saturated rings. The second-order valence-corrected chi connectivity index (χ2v) is 6.11. The summed E-state index contributed by atoms with van der Waals surface area (Å²) in [4.78, 5) is 9.30. The zero-order valence-electron chi connectivity index (χ0n) is 13.3. The molecule has 1 saturated heterocycles. The predicted molar refractivity (Wildman–Crippen MR) is 85.1 cm³/mol. The van der Waals surface area contributed by atoms with Gasteiger partial charge in [0.15, 0.2) is 0 Å². The Labute approximate surface area is 123 Å². The molecule has 2 unspecified atom stereocenters. The van der Waals surface area contributed by atoms with E-state index in [-0.39, 0.29) is 0 Å². The molecule has 4 nitrogen and oxygen atoms in total. The second-order valence-electron chi connectivity index (χ2n) is 6.11. The van der Waals surface area contributed by atoms with Crippen molar-refractivity contribution in [1.29, 1.82) is 0 Å². The summed E-state index contributed by atoms with van der Waals surface area (Å²) < 4.78 is 0. The SMILES string of the molecule is CCCNCc1ccnc(N2CC(C)C(N(C)C)C2)c1. The number of likely N-dealkylation sites (N-methyl/N-ethyl adjacent to an activating group) is 1. The van der Waals surface area contributed by atoms with Crippen LogP contribution in [-0.2, 0) is 6.54 Å². The number of hydrogen-bond acceptors (Lipinski definition) is 4. The molecule has 4 heteroatoms. The molecule has 1 aliphatic heterocycles. The fraction of sp³-hybridized carbons (Fsp3) is 0.688. The van der Waals surface area contributed by atoms with Crippen LogP contribution in [0, 0.1) is 5.92 Å². The normalized spacial score (nSPS) is 22.8. The van der Waals surface area contributed by atoms with E-state index in [1.165, 1.54) is 12.0 Å². The van der Waals surface area contributed by atoms with E-state index < -0.39 is 0 Å². The Balaban J connectivity index is 2.01. The summed E-state index contributed by atoms with van der Waals surface area (Å²) in [6.45, 7) is 8.70. The molecule has 1 aromatic heterocycles. The number of aromatic nitrogens is 1. The van der Waals surface area contributed by atoms with Crippen LogP contribution in [0.1, 0.15) is 25.8 Å². The molecule has 0 saturated carbocycles. The van der Waals surface area contributed by atoms with Crippen LogP contribution in [0.4, 0.5) is 5.82 Å². The van der Waals surface area contributed by atoms with E-state index >= 15 is 0 Å². The van der Waals surface area contributed by atoms with E-state index in [1.54, 1.807) is 0 Å². The van der Waals surface area contributed by atoms with E-state index in [0.29, 0.717) is 12.0 Å². The van der Waals surface area contributed by atoms with Gasteiger partial charge in [0.25, 0.3) is 0 Å². The molecule has 2 rings (SSSR count). The van der Waals surface area contributed by atoms with Crippen LogP contribution in [0.3, 0.4) is 0 Å². The van der Waals surface area contributed by atoms with E-state index in [1.807, 2.05) is 6.20 Å². The number of anilines is 1. The van der Waals surface area contributed by atoms with Gasteiger partial charge in [0.1, 0.15) is 5.82 Å². The van der Waals surface area contributed by atoms with Gasteiger partial charge in [-0.05, 0) is 50.7 Å². The lowest BCUT2D eigenvalue weighted by Crippen LogP contribution is -2.34. The summed E-state index contributed by atoms with van der Waals surface area (Å²) in [5.74, 6) is 1.81. The maximum Gasteiger partial charge on any atom is 0.128 e. The average Bonchev–Trinajstić information content (AvgIpc) is 2.82. The largest absolute Gasteiger partial charge is 0.355 e. The molecule has 2 heterocycles. The second kappa shape index (κ2) is 7.04. The van der Waals surface area contributed by atoms with Crippen molar-refractivity contribution < 1.29 is 0 Å². The Morgan fingerprint density at radius 2 is 2.20 bits per heavy atom. The zero-order chi connectivity index (χ0) is 14.5. The van der Waals surface area contributed by atoms with Crippen molar-refractivity contribution in [2.45, 2.75) is 32.9 Å². The van der Waals surface area contributed by atoms with Crippen molar-refractivity contribution in [3.05, 3.63) is 23.9 Å². The Bertz CT molecular complexity index is 419. The third kappa shape index (κ3) is 3.70. The summed E-state index contributed by atoms with van der Waals surface area (Å²) in [5.41, 5.74) is 1.32. The smallest absolute Gasteiger partial charge is 0.128 e. The van der Waals surface area contributed by atoms with Crippen LogP contribution in [0.15, 0.2) is 18.3 Å². The molecular weight excluding hydrogens is 248 g/mol. The van der Waals surface area contributed by atoms with E-state index in [2.05, 4.69) is 60.2 Å². The van der Waals surface area contributed by atoms with Gasteiger partial charge in [-0.1, -0.05) is 13.8 Å². The predicted octanol–water partition coefficient (Wildman–Crippen LogP) is 1.97. The fourth-order valence-corrected chi connectivity index (χ4v) is 2.96. The molecule has 0 amide bonds. The number of pyridine rings is 1. The van der Waals surface area contributed by atoms with Gasteiger partial charge in [-0.15, -0.1) is 0 Å². The third-order valence-corrected chi connectivity index (χ3v) is 4.13. The lowest BCUT2D eigenvalue weighted by molar-refractivity contribution is 0.266. The zero-order valence-corrected chi connectivity index (χ0v) is 13.3. The van der Waals surface area contributed by atoms with Gasteiger partial charge in [0.05, 0.1) is 0 Å². The highest BCUT2D eigenvalue weighted by atomic mass is 15.3. The Morgan fingerprint density at radius 3 is 2.85 bits per heavy atom. The van der Waals surface area contributed by atoms with Gasteiger partial charge >= 0.3 is 0 Å². The third-order valence-electron chi connectivity index (χ3n) is 4.13. The molecule has 1 aromatic rings.